The normalized spacial score (nSPS) is 17.4. The number of fused-ring (bicyclic) bond motifs is 1. The van der Waals surface area contributed by atoms with Crippen LogP contribution in [0.1, 0.15) is 38.1 Å². The van der Waals surface area contributed by atoms with Crippen LogP contribution in [0.3, 0.4) is 0 Å². The Labute approximate surface area is 192 Å². The summed E-state index contributed by atoms with van der Waals surface area (Å²) < 4.78 is 44.2. The number of hydrogen-bond donors (Lipinski definition) is 1. The Morgan fingerprint density at radius 2 is 2.00 bits per heavy atom. The summed E-state index contributed by atoms with van der Waals surface area (Å²) in [5, 5.41) is 7.58. The maximum Gasteiger partial charge on any atom is 0.291 e. The van der Waals surface area contributed by atoms with E-state index in [9.17, 15) is 13.0 Å². The lowest BCUT2D eigenvalue weighted by atomic mass is 10.2. The highest BCUT2D eigenvalue weighted by atomic mass is 32.2. The lowest BCUT2D eigenvalue weighted by molar-refractivity contribution is 0.150. The minimum atomic E-state index is -2.67. The number of nitrogens with zero attached hydrogens (tertiary/aromatic N) is 6. The number of nitrogens with one attached hydrogen (secondary N) is 1. The quantitative estimate of drug-likeness (QED) is 0.530. The first-order valence-corrected chi connectivity index (χ1v) is 12.6. The first-order valence-electron chi connectivity index (χ1n) is 10.6. The fraction of sp³-hybridized carbons (Fsp3) is 0.550. The second-order valence-corrected chi connectivity index (χ2v) is 10.3. The Balaban J connectivity index is 1.78. The molecule has 1 N–H and O–H groups in total. The molecule has 0 radical (unpaired) electrons. The van der Waals surface area contributed by atoms with E-state index in [-0.39, 0.29) is 11.0 Å². The molecule has 12 heteroatoms. The Hall–Kier alpha value is -2.02. The zero-order chi connectivity index (χ0) is 22.8. The van der Waals surface area contributed by atoms with Crippen LogP contribution in [-0.2, 0) is 11.0 Å². The molecule has 0 saturated carbocycles. The summed E-state index contributed by atoms with van der Waals surface area (Å²) in [6.45, 7) is 7.56. The van der Waals surface area contributed by atoms with E-state index in [1.165, 1.54) is 0 Å². The van der Waals surface area contributed by atoms with Crippen molar-refractivity contribution in [1.82, 2.24) is 29.2 Å². The van der Waals surface area contributed by atoms with Crippen LogP contribution >= 0.6 is 11.3 Å². The van der Waals surface area contributed by atoms with Gasteiger partial charge in [0.25, 0.3) is 6.43 Å². The number of aromatic nitrogens is 4. The predicted octanol–water partition coefficient (Wildman–Crippen LogP) is 3.34. The first kappa shape index (κ1) is 23.1. The average molecular weight is 484 g/mol. The highest BCUT2D eigenvalue weighted by Crippen LogP contribution is 2.33. The fourth-order valence-electron chi connectivity index (χ4n) is 3.75. The van der Waals surface area contributed by atoms with Gasteiger partial charge < -0.3 is 9.80 Å². The molecule has 0 aromatic carbocycles. The lowest BCUT2D eigenvalue weighted by Gasteiger charge is -2.34. The zero-order valence-electron chi connectivity index (χ0n) is 18.3. The molecule has 0 bridgehead atoms. The number of alkyl halides is 2. The summed E-state index contributed by atoms with van der Waals surface area (Å²) in [6.07, 6.45) is 2.60. The number of anilines is 1. The molecule has 8 nitrogen and oxygen atoms in total. The number of piperazine rings is 1. The smallest absolute Gasteiger partial charge is 0.291 e. The Kier molecular flexibility index (Phi) is 7.13. The Bertz CT molecular complexity index is 1090. The van der Waals surface area contributed by atoms with Crippen LogP contribution in [0, 0.1) is 0 Å². The molecule has 1 aliphatic rings. The summed E-state index contributed by atoms with van der Waals surface area (Å²) in [7, 11) is 0.652. The van der Waals surface area contributed by atoms with Gasteiger partial charge in [0.05, 0.1) is 16.8 Å². The van der Waals surface area contributed by atoms with Gasteiger partial charge in [0.15, 0.2) is 15.7 Å². The SMILES string of the molecule is CCCC(C)NS(=O)c1cc(N2CCN(C)CC2)c2ncc(-c3nnc(C(F)F)s3)n2c1. The standard InChI is InChI=1S/C20H27F2N7OS2/c1-4-5-13(2)26-32(30)14-10-15(28-8-6-27(3)7-9-28)18-23-11-16(29(18)12-14)19-24-25-20(31-19)17(21)22/h10-13,17,26H,4-9H2,1-3H3. The third-order valence-electron chi connectivity index (χ3n) is 5.50. The molecule has 32 heavy (non-hydrogen) atoms. The van der Waals surface area contributed by atoms with Gasteiger partial charge in [-0.05, 0) is 26.5 Å². The topological polar surface area (TPSA) is 78.7 Å². The molecule has 174 valence electrons. The average Bonchev–Trinajstić information content (AvgIpc) is 3.41. The first-order chi connectivity index (χ1) is 15.4. The predicted molar refractivity (Wildman–Crippen MR) is 123 cm³/mol. The van der Waals surface area contributed by atoms with Crippen LogP contribution in [-0.4, -0.2) is 68.0 Å². The number of imidazole rings is 1. The van der Waals surface area contributed by atoms with E-state index >= 15 is 0 Å². The zero-order valence-corrected chi connectivity index (χ0v) is 19.9. The molecule has 2 unspecified atom stereocenters. The van der Waals surface area contributed by atoms with Crippen molar-refractivity contribution in [2.75, 3.05) is 38.1 Å². The summed E-state index contributed by atoms with van der Waals surface area (Å²) in [5.41, 5.74) is 2.11. The van der Waals surface area contributed by atoms with Crippen LogP contribution in [0.5, 0.6) is 0 Å². The van der Waals surface area contributed by atoms with E-state index in [1.54, 1.807) is 16.8 Å². The maximum atomic E-state index is 13.1. The van der Waals surface area contributed by atoms with Crippen molar-refractivity contribution < 1.29 is 13.0 Å². The Morgan fingerprint density at radius 1 is 1.25 bits per heavy atom. The van der Waals surface area contributed by atoms with E-state index in [4.69, 9.17) is 0 Å². The second-order valence-electron chi connectivity index (χ2n) is 8.01. The molecule has 4 rings (SSSR count). The molecule has 3 aromatic rings. The van der Waals surface area contributed by atoms with Crippen molar-refractivity contribution in [3.8, 4) is 10.7 Å². The molecular formula is C20H27F2N7OS2. The largest absolute Gasteiger partial charge is 0.366 e. The van der Waals surface area contributed by atoms with E-state index in [2.05, 4.69) is 43.7 Å². The lowest BCUT2D eigenvalue weighted by Crippen LogP contribution is -2.44. The van der Waals surface area contributed by atoms with Gasteiger partial charge in [-0.2, -0.15) is 0 Å². The molecule has 0 spiro atoms. The molecule has 1 aliphatic heterocycles. The van der Waals surface area contributed by atoms with Crippen LogP contribution < -0.4 is 9.62 Å². The minimum Gasteiger partial charge on any atom is -0.366 e. The van der Waals surface area contributed by atoms with E-state index < -0.39 is 17.4 Å². The highest BCUT2D eigenvalue weighted by Gasteiger charge is 2.23. The third kappa shape index (κ3) is 4.82. The highest BCUT2D eigenvalue weighted by molar-refractivity contribution is 7.83. The van der Waals surface area contributed by atoms with Gasteiger partial charge in [-0.3, -0.25) is 4.40 Å². The van der Waals surface area contributed by atoms with Gasteiger partial charge in [-0.25, -0.2) is 22.7 Å². The van der Waals surface area contributed by atoms with Crippen molar-refractivity contribution in [1.29, 1.82) is 0 Å². The summed E-state index contributed by atoms with van der Waals surface area (Å²) >= 11 is 0.842. The second kappa shape index (κ2) is 9.86. The molecule has 0 amide bonds. The molecule has 1 saturated heterocycles. The van der Waals surface area contributed by atoms with Crippen molar-refractivity contribution in [3.05, 3.63) is 23.5 Å². The molecule has 3 aromatic heterocycles. The van der Waals surface area contributed by atoms with Crippen molar-refractivity contribution in [3.63, 3.8) is 0 Å². The molecule has 2 atom stereocenters. The van der Waals surface area contributed by atoms with Gasteiger partial charge in [0.2, 0.25) is 0 Å². The van der Waals surface area contributed by atoms with E-state index in [0.29, 0.717) is 21.2 Å². The number of halogens is 2. The van der Waals surface area contributed by atoms with E-state index in [0.717, 1.165) is 56.0 Å². The van der Waals surface area contributed by atoms with Crippen LogP contribution in [0.15, 0.2) is 23.4 Å². The minimum absolute atomic E-state index is 0.0997. The monoisotopic (exact) mass is 483 g/mol. The summed E-state index contributed by atoms with van der Waals surface area (Å²) in [6, 6.07) is 2.02. The van der Waals surface area contributed by atoms with Gasteiger partial charge >= 0.3 is 0 Å². The van der Waals surface area contributed by atoms with Crippen molar-refractivity contribution in [2.24, 2.45) is 0 Å². The molecule has 0 aliphatic carbocycles. The van der Waals surface area contributed by atoms with Crippen LogP contribution in [0.25, 0.3) is 16.3 Å². The number of likely N-dealkylation sites (N-methyl/N-ethyl adjacent to an activating group) is 1. The number of pyridine rings is 1. The summed E-state index contributed by atoms with van der Waals surface area (Å²) in [4.78, 5) is 9.66. The van der Waals surface area contributed by atoms with Crippen LogP contribution in [0.4, 0.5) is 14.5 Å². The molecule has 1 fully saturated rings. The summed E-state index contributed by atoms with van der Waals surface area (Å²) in [5.74, 6) is 0. The fourth-order valence-corrected chi connectivity index (χ4v) is 5.50. The van der Waals surface area contributed by atoms with Crippen molar-refractivity contribution >= 4 is 33.7 Å². The van der Waals surface area contributed by atoms with E-state index in [1.807, 2.05) is 13.0 Å². The molecular weight excluding hydrogens is 456 g/mol. The van der Waals surface area contributed by atoms with Gasteiger partial charge in [0.1, 0.15) is 16.7 Å². The number of hydrogen-bond acceptors (Lipinski definition) is 7. The van der Waals surface area contributed by atoms with Gasteiger partial charge in [-0.15, -0.1) is 10.2 Å². The molecule has 4 heterocycles. The van der Waals surface area contributed by atoms with Gasteiger partial charge in [-0.1, -0.05) is 24.7 Å². The maximum absolute atomic E-state index is 13.1. The van der Waals surface area contributed by atoms with Gasteiger partial charge in [0, 0.05) is 38.4 Å². The van der Waals surface area contributed by atoms with Crippen molar-refractivity contribution in [2.45, 2.75) is 44.1 Å². The number of rotatable bonds is 8. The third-order valence-corrected chi connectivity index (χ3v) is 7.72. The Morgan fingerprint density at radius 3 is 2.66 bits per heavy atom. The van der Waals surface area contributed by atoms with Crippen LogP contribution in [0.2, 0.25) is 0 Å².